The number of nitrogens with one attached hydrogen (secondary N) is 1. The Balaban J connectivity index is 1.68. The van der Waals surface area contributed by atoms with E-state index in [1.807, 2.05) is 0 Å². The minimum atomic E-state index is -0.492. The van der Waals surface area contributed by atoms with Crippen molar-refractivity contribution < 1.29 is 23.5 Å². The van der Waals surface area contributed by atoms with Gasteiger partial charge in [-0.05, 0) is 50.6 Å². The molecule has 2 aromatic rings. The van der Waals surface area contributed by atoms with Crippen LogP contribution in [0.3, 0.4) is 0 Å². The number of hydrogen-bond acceptors (Lipinski definition) is 5. The van der Waals surface area contributed by atoms with Crippen molar-refractivity contribution >= 4 is 11.8 Å². The van der Waals surface area contributed by atoms with Gasteiger partial charge in [-0.1, -0.05) is 0 Å². The summed E-state index contributed by atoms with van der Waals surface area (Å²) >= 11 is 0. The molecule has 0 saturated carbocycles. The van der Waals surface area contributed by atoms with E-state index < -0.39 is 5.91 Å². The molecule has 2 amide bonds. The number of benzene rings is 1. The third-order valence-corrected chi connectivity index (χ3v) is 4.33. The predicted molar refractivity (Wildman–Crippen MR) is 94.2 cm³/mol. The average Bonchev–Trinajstić information content (AvgIpc) is 2.95. The topological polar surface area (TPSA) is 104 Å². The lowest BCUT2D eigenvalue weighted by molar-refractivity contribution is -0.0135. The predicted octanol–water partition coefficient (Wildman–Crippen LogP) is 1.96. The highest BCUT2D eigenvalue weighted by Crippen LogP contribution is 2.20. The fourth-order valence-corrected chi connectivity index (χ4v) is 2.97. The minimum Gasteiger partial charge on any atom is -0.486 e. The van der Waals surface area contributed by atoms with Gasteiger partial charge in [0.1, 0.15) is 23.4 Å². The molecule has 2 heterocycles. The van der Waals surface area contributed by atoms with Crippen LogP contribution in [-0.4, -0.2) is 37.2 Å². The number of ether oxygens (including phenoxy) is 2. The smallest absolute Gasteiger partial charge is 0.255 e. The molecular weight excluding hydrogens is 336 g/mol. The molecular formula is C19H22N2O5. The Hall–Kier alpha value is -2.80. The van der Waals surface area contributed by atoms with Gasteiger partial charge in [-0.25, -0.2) is 0 Å². The van der Waals surface area contributed by atoms with Gasteiger partial charge >= 0.3 is 0 Å². The standard InChI is InChI=1S/C19H22N2O5/c1-11-9-15(12(2)25-11)19(23)21-16-7-8-24-10-17(16)26-14-5-3-13(4-6-14)18(20)22/h3-6,9,16-17H,7-8,10H2,1-2H3,(H2,20,22)(H,21,23)/t16-,17-/m1/s1. The van der Waals surface area contributed by atoms with Gasteiger partial charge < -0.3 is 24.9 Å². The van der Waals surface area contributed by atoms with Crippen molar-refractivity contribution in [2.24, 2.45) is 5.73 Å². The maximum absolute atomic E-state index is 12.5. The third-order valence-electron chi connectivity index (χ3n) is 4.33. The number of aryl methyl sites for hydroxylation is 2. The molecule has 2 atom stereocenters. The van der Waals surface area contributed by atoms with Crippen LogP contribution in [0.15, 0.2) is 34.7 Å². The number of nitrogens with two attached hydrogens (primary N) is 1. The largest absolute Gasteiger partial charge is 0.486 e. The zero-order valence-corrected chi connectivity index (χ0v) is 14.8. The Morgan fingerprint density at radius 3 is 2.58 bits per heavy atom. The van der Waals surface area contributed by atoms with Crippen LogP contribution in [0.5, 0.6) is 5.75 Å². The van der Waals surface area contributed by atoms with E-state index in [0.29, 0.717) is 48.0 Å². The normalized spacial score (nSPS) is 19.8. The quantitative estimate of drug-likeness (QED) is 0.850. The molecule has 1 aliphatic heterocycles. The SMILES string of the molecule is Cc1cc(C(=O)N[C@@H]2CCOC[C@H]2Oc2ccc(C(N)=O)cc2)c(C)o1. The highest BCUT2D eigenvalue weighted by molar-refractivity contribution is 5.95. The van der Waals surface area contributed by atoms with Crippen LogP contribution >= 0.6 is 0 Å². The summed E-state index contributed by atoms with van der Waals surface area (Å²) in [6, 6.07) is 8.09. The first-order chi connectivity index (χ1) is 12.4. The van der Waals surface area contributed by atoms with E-state index in [2.05, 4.69) is 5.32 Å². The molecule has 0 radical (unpaired) electrons. The number of rotatable bonds is 5. The van der Waals surface area contributed by atoms with Crippen LogP contribution in [0, 0.1) is 13.8 Å². The van der Waals surface area contributed by atoms with E-state index in [4.69, 9.17) is 19.6 Å². The highest BCUT2D eigenvalue weighted by atomic mass is 16.5. The Morgan fingerprint density at radius 2 is 1.96 bits per heavy atom. The Morgan fingerprint density at radius 1 is 1.23 bits per heavy atom. The zero-order chi connectivity index (χ0) is 18.7. The first-order valence-electron chi connectivity index (χ1n) is 8.46. The molecule has 3 N–H and O–H groups in total. The maximum atomic E-state index is 12.5. The first-order valence-corrected chi connectivity index (χ1v) is 8.46. The molecule has 0 bridgehead atoms. The fraction of sp³-hybridized carbons (Fsp3) is 0.368. The fourth-order valence-electron chi connectivity index (χ4n) is 2.97. The molecule has 1 aromatic carbocycles. The maximum Gasteiger partial charge on any atom is 0.255 e. The lowest BCUT2D eigenvalue weighted by atomic mass is 10.0. The number of furan rings is 1. The second-order valence-corrected chi connectivity index (χ2v) is 6.32. The molecule has 1 saturated heterocycles. The van der Waals surface area contributed by atoms with Crippen LogP contribution in [0.2, 0.25) is 0 Å². The van der Waals surface area contributed by atoms with Gasteiger partial charge in [-0.2, -0.15) is 0 Å². The lowest BCUT2D eigenvalue weighted by Gasteiger charge is -2.32. The van der Waals surface area contributed by atoms with E-state index in [-0.39, 0.29) is 18.1 Å². The minimum absolute atomic E-state index is 0.191. The van der Waals surface area contributed by atoms with Crippen molar-refractivity contribution in [3.8, 4) is 5.75 Å². The molecule has 7 heteroatoms. The summed E-state index contributed by atoms with van der Waals surface area (Å²) in [6.45, 7) is 4.49. The lowest BCUT2D eigenvalue weighted by Crippen LogP contribution is -2.51. The van der Waals surface area contributed by atoms with Crippen molar-refractivity contribution in [3.63, 3.8) is 0 Å². The van der Waals surface area contributed by atoms with Crippen molar-refractivity contribution in [2.75, 3.05) is 13.2 Å². The Bertz CT molecular complexity index is 797. The van der Waals surface area contributed by atoms with Gasteiger partial charge in [0.25, 0.3) is 5.91 Å². The van der Waals surface area contributed by atoms with Crippen LogP contribution in [0.1, 0.15) is 38.7 Å². The van der Waals surface area contributed by atoms with Crippen molar-refractivity contribution in [3.05, 3.63) is 53.0 Å². The number of hydrogen-bond donors (Lipinski definition) is 2. The van der Waals surface area contributed by atoms with E-state index in [1.54, 1.807) is 44.2 Å². The van der Waals surface area contributed by atoms with Crippen molar-refractivity contribution in [1.29, 1.82) is 0 Å². The van der Waals surface area contributed by atoms with Crippen LogP contribution < -0.4 is 15.8 Å². The molecule has 3 rings (SSSR count). The van der Waals surface area contributed by atoms with Gasteiger partial charge in [-0.15, -0.1) is 0 Å². The van der Waals surface area contributed by atoms with Gasteiger partial charge in [0.05, 0.1) is 18.2 Å². The molecule has 1 aliphatic rings. The molecule has 0 aliphatic carbocycles. The summed E-state index contributed by atoms with van der Waals surface area (Å²) < 4.78 is 16.9. The second-order valence-electron chi connectivity index (χ2n) is 6.32. The number of primary amides is 1. The van der Waals surface area contributed by atoms with Crippen LogP contribution in [-0.2, 0) is 4.74 Å². The van der Waals surface area contributed by atoms with Gasteiger partial charge in [0, 0.05) is 12.2 Å². The number of carbonyl (C=O) groups excluding carboxylic acids is 2. The highest BCUT2D eigenvalue weighted by Gasteiger charge is 2.30. The number of amides is 2. The summed E-state index contributed by atoms with van der Waals surface area (Å²) in [5.74, 6) is 1.19. The van der Waals surface area contributed by atoms with Crippen LogP contribution in [0.4, 0.5) is 0 Å². The average molecular weight is 358 g/mol. The third kappa shape index (κ3) is 4.05. The van der Waals surface area contributed by atoms with E-state index in [9.17, 15) is 9.59 Å². The summed E-state index contributed by atoms with van der Waals surface area (Å²) in [4.78, 5) is 23.7. The molecule has 26 heavy (non-hydrogen) atoms. The molecule has 138 valence electrons. The van der Waals surface area contributed by atoms with Gasteiger partial charge in [0.15, 0.2) is 0 Å². The van der Waals surface area contributed by atoms with Crippen LogP contribution in [0.25, 0.3) is 0 Å². The first kappa shape index (κ1) is 18.0. The van der Waals surface area contributed by atoms with Gasteiger partial charge in [-0.3, -0.25) is 9.59 Å². The molecule has 0 spiro atoms. The van der Waals surface area contributed by atoms with E-state index in [0.717, 1.165) is 0 Å². The summed E-state index contributed by atoms with van der Waals surface area (Å²) in [5.41, 5.74) is 6.18. The Labute approximate surface area is 151 Å². The second kappa shape index (κ2) is 7.61. The summed E-state index contributed by atoms with van der Waals surface area (Å²) in [6.07, 6.45) is 0.312. The molecule has 0 unspecified atom stereocenters. The monoisotopic (exact) mass is 358 g/mol. The molecule has 1 aromatic heterocycles. The summed E-state index contributed by atoms with van der Waals surface area (Å²) in [5, 5.41) is 3.01. The molecule has 7 nitrogen and oxygen atoms in total. The summed E-state index contributed by atoms with van der Waals surface area (Å²) in [7, 11) is 0. The molecule has 1 fully saturated rings. The van der Waals surface area contributed by atoms with E-state index >= 15 is 0 Å². The zero-order valence-electron chi connectivity index (χ0n) is 14.8. The van der Waals surface area contributed by atoms with Gasteiger partial charge in [0.2, 0.25) is 5.91 Å². The van der Waals surface area contributed by atoms with Crippen molar-refractivity contribution in [1.82, 2.24) is 5.32 Å². The Kier molecular flexibility index (Phi) is 5.27. The van der Waals surface area contributed by atoms with E-state index in [1.165, 1.54) is 0 Å². The van der Waals surface area contributed by atoms with Crippen molar-refractivity contribution in [2.45, 2.75) is 32.4 Å². The number of carbonyl (C=O) groups is 2.